The van der Waals surface area contributed by atoms with Crippen LogP contribution < -0.4 is 5.32 Å². The number of non-ortho nitro benzene ring substituents is 1. The second kappa shape index (κ2) is 5.18. The summed E-state index contributed by atoms with van der Waals surface area (Å²) in [5.41, 5.74) is 1.43. The molecule has 0 radical (unpaired) electrons. The van der Waals surface area contributed by atoms with E-state index in [2.05, 4.69) is 5.32 Å². The maximum Gasteiger partial charge on any atom is 0.273 e. The van der Waals surface area contributed by atoms with Crippen molar-refractivity contribution in [2.24, 2.45) is 0 Å². The number of nitrogens with zero attached hydrogens (tertiary/aromatic N) is 1. The Kier molecular flexibility index (Phi) is 3.43. The molecule has 5 heteroatoms. The first kappa shape index (κ1) is 11.9. The van der Waals surface area contributed by atoms with E-state index in [1.54, 1.807) is 6.07 Å². The summed E-state index contributed by atoms with van der Waals surface area (Å²) in [6, 6.07) is 13.6. The predicted octanol–water partition coefficient (Wildman–Crippen LogP) is 2.91. The summed E-state index contributed by atoms with van der Waals surface area (Å²) in [5, 5.41) is 23.3. The minimum Gasteiger partial charge on any atom is -0.507 e. The summed E-state index contributed by atoms with van der Waals surface area (Å²) in [5.74, 6) is -0.0763. The van der Waals surface area contributed by atoms with Gasteiger partial charge in [0.05, 0.1) is 11.0 Å². The van der Waals surface area contributed by atoms with Gasteiger partial charge in [-0.25, -0.2) is 0 Å². The molecule has 2 aromatic carbocycles. The minimum atomic E-state index is -0.534. The molecule has 0 aliphatic rings. The van der Waals surface area contributed by atoms with Crippen LogP contribution in [0.4, 0.5) is 11.4 Å². The van der Waals surface area contributed by atoms with Crippen LogP contribution in [0.1, 0.15) is 5.56 Å². The van der Waals surface area contributed by atoms with Gasteiger partial charge in [-0.05, 0) is 18.2 Å². The fourth-order valence-corrected chi connectivity index (χ4v) is 1.57. The van der Waals surface area contributed by atoms with Gasteiger partial charge in [0.2, 0.25) is 0 Å². The minimum absolute atomic E-state index is 0.0763. The topological polar surface area (TPSA) is 75.4 Å². The molecule has 0 bridgehead atoms. The molecular formula is C13H12N2O3. The molecule has 0 aromatic heterocycles. The van der Waals surface area contributed by atoms with E-state index in [4.69, 9.17) is 0 Å². The molecule has 0 fully saturated rings. The molecule has 92 valence electrons. The van der Waals surface area contributed by atoms with Crippen LogP contribution in [0.15, 0.2) is 48.5 Å². The van der Waals surface area contributed by atoms with Crippen LogP contribution >= 0.6 is 0 Å². The number of anilines is 1. The van der Waals surface area contributed by atoms with Crippen LogP contribution in [0.2, 0.25) is 0 Å². The predicted molar refractivity (Wildman–Crippen MR) is 68.5 cm³/mol. The summed E-state index contributed by atoms with van der Waals surface area (Å²) >= 11 is 0. The molecule has 0 saturated heterocycles. The molecule has 2 rings (SSSR count). The first-order valence-electron chi connectivity index (χ1n) is 5.42. The van der Waals surface area contributed by atoms with E-state index >= 15 is 0 Å². The molecule has 0 aliphatic heterocycles. The summed E-state index contributed by atoms with van der Waals surface area (Å²) in [6.45, 7) is 0.411. The molecule has 0 amide bonds. The van der Waals surface area contributed by atoms with Crippen molar-refractivity contribution in [2.75, 3.05) is 5.32 Å². The molecule has 0 atom stereocenters. The van der Waals surface area contributed by atoms with Gasteiger partial charge in [-0.15, -0.1) is 0 Å². The Balaban J connectivity index is 2.08. The maximum absolute atomic E-state index is 10.5. The van der Waals surface area contributed by atoms with Crippen molar-refractivity contribution < 1.29 is 10.0 Å². The van der Waals surface area contributed by atoms with Gasteiger partial charge in [0.15, 0.2) is 0 Å². The Bertz CT molecular complexity index is 555. The van der Waals surface area contributed by atoms with E-state index < -0.39 is 4.92 Å². The average molecular weight is 244 g/mol. The number of benzene rings is 2. The van der Waals surface area contributed by atoms with Crippen molar-refractivity contribution in [3.05, 3.63) is 64.2 Å². The van der Waals surface area contributed by atoms with Gasteiger partial charge in [-0.1, -0.05) is 18.2 Å². The van der Waals surface area contributed by atoms with Crippen molar-refractivity contribution in [2.45, 2.75) is 6.54 Å². The molecule has 5 nitrogen and oxygen atoms in total. The summed E-state index contributed by atoms with van der Waals surface area (Å²) in [7, 11) is 0. The van der Waals surface area contributed by atoms with Gasteiger partial charge < -0.3 is 10.4 Å². The van der Waals surface area contributed by atoms with Crippen LogP contribution in [0.3, 0.4) is 0 Å². The summed E-state index contributed by atoms with van der Waals surface area (Å²) in [6.07, 6.45) is 0. The van der Waals surface area contributed by atoms with Gasteiger partial charge in [0, 0.05) is 23.9 Å². The lowest BCUT2D eigenvalue weighted by atomic mass is 10.1. The van der Waals surface area contributed by atoms with Gasteiger partial charge >= 0.3 is 0 Å². The molecule has 0 aliphatic carbocycles. The average Bonchev–Trinajstić information content (AvgIpc) is 2.38. The van der Waals surface area contributed by atoms with Crippen LogP contribution in [0, 0.1) is 10.1 Å². The van der Waals surface area contributed by atoms with Crippen LogP contribution in [-0.4, -0.2) is 10.0 Å². The normalized spacial score (nSPS) is 10.0. The first-order valence-corrected chi connectivity index (χ1v) is 5.42. The number of para-hydroxylation sites is 1. The number of nitro benzene ring substituents is 1. The zero-order valence-electron chi connectivity index (χ0n) is 9.54. The highest BCUT2D eigenvalue weighted by Crippen LogP contribution is 2.24. The Morgan fingerprint density at radius 1 is 1.17 bits per heavy atom. The van der Waals surface area contributed by atoms with E-state index in [-0.39, 0.29) is 11.4 Å². The molecule has 2 N–H and O–H groups in total. The highest BCUT2D eigenvalue weighted by atomic mass is 16.6. The smallest absolute Gasteiger partial charge is 0.273 e. The zero-order chi connectivity index (χ0) is 13.0. The number of aromatic hydroxyl groups is 1. The standard InChI is InChI=1S/C13H12N2O3/c16-13-8-12(15(17)18)7-6-10(13)9-14-11-4-2-1-3-5-11/h1-8,14,16H,9H2. The number of phenols is 1. The molecule has 0 unspecified atom stereocenters. The van der Waals surface area contributed by atoms with Crippen molar-refractivity contribution in [1.82, 2.24) is 0 Å². The van der Waals surface area contributed by atoms with Crippen molar-refractivity contribution in [3.63, 3.8) is 0 Å². The highest BCUT2D eigenvalue weighted by Gasteiger charge is 2.09. The quantitative estimate of drug-likeness (QED) is 0.640. The van der Waals surface area contributed by atoms with Crippen LogP contribution in [-0.2, 0) is 6.54 Å². The number of phenolic OH excluding ortho intramolecular Hbond substituents is 1. The largest absolute Gasteiger partial charge is 0.507 e. The maximum atomic E-state index is 10.5. The van der Waals surface area contributed by atoms with Crippen molar-refractivity contribution >= 4 is 11.4 Å². The third-order valence-corrected chi connectivity index (χ3v) is 2.54. The monoisotopic (exact) mass is 244 g/mol. The second-order valence-corrected chi connectivity index (χ2v) is 3.79. The Morgan fingerprint density at radius 3 is 2.50 bits per heavy atom. The summed E-state index contributed by atoms with van der Waals surface area (Å²) in [4.78, 5) is 9.99. The van der Waals surface area contributed by atoms with Gasteiger partial charge in [-0.2, -0.15) is 0 Å². The molecular weight excluding hydrogens is 232 g/mol. The number of hydrogen-bond donors (Lipinski definition) is 2. The van der Waals surface area contributed by atoms with Gasteiger partial charge in [-0.3, -0.25) is 10.1 Å². The van der Waals surface area contributed by atoms with Gasteiger partial charge in [0.25, 0.3) is 5.69 Å². The molecule has 0 heterocycles. The highest BCUT2D eigenvalue weighted by molar-refractivity contribution is 5.47. The van der Waals surface area contributed by atoms with E-state index in [1.807, 2.05) is 30.3 Å². The lowest BCUT2D eigenvalue weighted by molar-refractivity contribution is -0.384. The number of hydrogen-bond acceptors (Lipinski definition) is 4. The summed E-state index contributed by atoms with van der Waals surface area (Å²) < 4.78 is 0. The first-order chi connectivity index (χ1) is 8.66. The third-order valence-electron chi connectivity index (χ3n) is 2.54. The Hall–Kier alpha value is -2.56. The Labute approximate surface area is 104 Å². The van der Waals surface area contributed by atoms with E-state index in [0.29, 0.717) is 12.1 Å². The third kappa shape index (κ3) is 2.76. The molecule has 0 spiro atoms. The molecule has 18 heavy (non-hydrogen) atoms. The van der Waals surface area contributed by atoms with E-state index in [0.717, 1.165) is 11.8 Å². The number of nitro groups is 1. The zero-order valence-corrected chi connectivity index (χ0v) is 9.54. The van der Waals surface area contributed by atoms with Gasteiger partial charge in [0.1, 0.15) is 5.75 Å². The molecule has 2 aromatic rings. The fourth-order valence-electron chi connectivity index (χ4n) is 1.57. The fraction of sp³-hybridized carbons (Fsp3) is 0.0769. The lowest BCUT2D eigenvalue weighted by Crippen LogP contribution is -1.99. The van der Waals surface area contributed by atoms with Crippen molar-refractivity contribution in [3.8, 4) is 5.75 Å². The van der Waals surface area contributed by atoms with E-state index in [1.165, 1.54) is 6.07 Å². The van der Waals surface area contributed by atoms with Crippen LogP contribution in [0.25, 0.3) is 0 Å². The van der Waals surface area contributed by atoms with Crippen molar-refractivity contribution in [1.29, 1.82) is 0 Å². The SMILES string of the molecule is O=[N+]([O-])c1ccc(CNc2ccccc2)c(O)c1. The van der Waals surface area contributed by atoms with E-state index in [9.17, 15) is 15.2 Å². The second-order valence-electron chi connectivity index (χ2n) is 3.79. The number of nitrogens with one attached hydrogen (secondary N) is 1. The Morgan fingerprint density at radius 2 is 1.89 bits per heavy atom. The lowest BCUT2D eigenvalue weighted by Gasteiger charge is -2.07. The molecule has 0 saturated carbocycles. The number of rotatable bonds is 4. The van der Waals surface area contributed by atoms with Crippen LogP contribution in [0.5, 0.6) is 5.75 Å².